The number of aromatic amines is 1. The number of aromatic nitrogens is 1. The summed E-state index contributed by atoms with van der Waals surface area (Å²) < 4.78 is 16.3. The second kappa shape index (κ2) is 8.65. The van der Waals surface area contributed by atoms with Crippen LogP contribution in [0.3, 0.4) is 0 Å². The predicted octanol–water partition coefficient (Wildman–Crippen LogP) is 3.73. The van der Waals surface area contributed by atoms with Gasteiger partial charge in [-0.1, -0.05) is 18.5 Å². The molecule has 0 fully saturated rings. The summed E-state index contributed by atoms with van der Waals surface area (Å²) in [5.41, 5.74) is 2.60. The van der Waals surface area contributed by atoms with Gasteiger partial charge < -0.3 is 24.5 Å². The molecule has 0 radical (unpaired) electrons. The number of ether oxygens (including phenoxy) is 3. The predicted molar refractivity (Wildman–Crippen MR) is 97.6 cm³/mol. The minimum absolute atomic E-state index is 0.321. The summed E-state index contributed by atoms with van der Waals surface area (Å²) in [6.07, 6.45) is 1.01. The van der Waals surface area contributed by atoms with Gasteiger partial charge in [-0.3, -0.25) is 0 Å². The average Bonchev–Trinajstić information content (AvgIpc) is 2.95. The van der Waals surface area contributed by atoms with E-state index in [1.54, 1.807) is 27.4 Å². The van der Waals surface area contributed by atoms with E-state index >= 15 is 0 Å². The molecule has 0 spiro atoms. The van der Waals surface area contributed by atoms with E-state index in [0.29, 0.717) is 34.5 Å². The summed E-state index contributed by atoms with van der Waals surface area (Å²) in [7, 11) is 4.67. The first-order chi connectivity index (χ1) is 12.1. The van der Waals surface area contributed by atoms with Crippen molar-refractivity contribution in [1.29, 1.82) is 5.26 Å². The van der Waals surface area contributed by atoms with Crippen molar-refractivity contribution in [1.82, 2.24) is 10.3 Å². The molecule has 0 aliphatic rings. The first-order valence-electron chi connectivity index (χ1n) is 7.93. The van der Waals surface area contributed by atoms with Crippen molar-refractivity contribution in [2.75, 3.05) is 27.9 Å². The Morgan fingerprint density at radius 1 is 1.16 bits per heavy atom. The number of nitriles is 1. The second-order valence-corrected chi connectivity index (χ2v) is 5.72. The number of nitrogens with one attached hydrogen (secondary N) is 2. The molecule has 1 aromatic carbocycles. The van der Waals surface area contributed by atoms with Crippen molar-refractivity contribution in [2.45, 2.75) is 19.9 Å². The Bertz CT molecular complexity index is 781. The summed E-state index contributed by atoms with van der Waals surface area (Å²) in [4.78, 5) is 3.09. The van der Waals surface area contributed by atoms with Gasteiger partial charge in [0.25, 0.3) is 0 Å². The van der Waals surface area contributed by atoms with E-state index in [1.807, 2.05) is 6.07 Å². The minimum atomic E-state index is 0.321. The molecule has 2 aromatic rings. The number of rotatable bonds is 8. The number of hydrogen-bond donors (Lipinski definition) is 2. The van der Waals surface area contributed by atoms with Crippen LogP contribution in [0.2, 0.25) is 5.02 Å². The largest absolute Gasteiger partial charge is 0.493 e. The van der Waals surface area contributed by atoms with Crippen LogP contribution in [0, 0.1) is 11.3 Å². The zero-order valence-corrected chi connectivity index (χ0v) is 15.6. The van der Waals surface area contributed by atoms with Gasteiger partial charge in [0.05, 0.1) is 26.4 Å². The third kappa shape index (κ3) is 3.68. The fourth-order valence-corrected chi connectivity index (χ4v) is 3.01. The fourth-order valence-electron chi connectivity index (χ4n) is 2.70. The van der Waals surface area contributed by atoms with Crippen LogP contribution in [0.5, 0.6) is 17.2 Å². The lowest BCUT2D eigenvalue weighted by molar-refractivity contribution is 0.325. The van der Waals surface area contributed by atoms with Gasteiger partial charge >= 0.3 is 0 Å². The Morgan fingerprint density at radius 2 is 1.88 bits per heavy atom. The van der Waals surface area contributed by atoms with Crippen LogP contribution in [0.4, 0.5) is 0 Å². The molecule has 6 nitrogen and oxygen atoms in total. The van der Waals surface area contributed by atoms with Crippen molar-refractivity contribution in [3.05, 3.63) is 28.5 Å². The Labute approximate surface area is 152 Å². The molecule has 2 rings (SSSR count). The molecule has 0 aliphatic heterocycles. The lowest BCUT2D eigenvalue weighted by atomic mass is 10.0. The molecule has 7 heteroatoms. The highest BCUT2D eigenvalue weighted by Gasteiger charge is 2.24. The number of halogens is 1. The van der Waals surface area contributed by atoms with E-state index in [0.717, 1.165) is 29.8 Å². The normalized spacial score (nSPS) is 10.4. The molecule has 0 bridgehead atoms. The topological polar surface area (TPSA) is 79.3 Å². The van der Waals surface area contributed by atoms with E-state index in [-0.39, 0.29) is 0 Å². The van der Waals surface area contributed by atoms with Crippen LogP contribution >= 0.6 is 11.6 Å². The number of H-pyrrole nitrogens is 1. The molecule has 2 N–H and O–H groups in total. The highest BCUT2D eigenvalue weighted by Crippen LogP contribution is 2.47. The first-order valence-corrected chi connectivity index (χ1v) is 8.31. The maximum Gasteiger partial charge on any atom is 0.203 e. The molecular formula is C18H22ClN3O3. The highest BCUT2D eigenvalue weighted by molar-refractivity contribution is 6.34. The first kappa shape index (κ1) is 19.0. The van der Waals surface area contributed by atoms with Crippen molar-refractivity contribution in [3.8, 4) is 34.4 Å². The average molecular weight is 364 g/mol. The Hall–Kier alpha value is -2.36. The fraction of sp³-hybridized carbons (Fsp3) is 0.389. The molecule has 0 unspecified atom stereocenters. The van der Waals surface area contributed by atoms with Crippen LogP contribution in [0.25, 0.3) is 11.1 Å². The van der Waals surface area contributed by atoms with Gasteiger partial charge in [-0.2, -0.15) is 5.26 Å². The Balaban J connectivity index is 2.64. The zero-order valence-electron chi connectivity index (χ0n) is 14.8. The molecule has 0 atom stereocenters. The van der Waals surface area contributed by atoms with Crippen LogP contribution in [0.1, 0.15) is 24.7 Å². The van der Waals surface area contributed by atoms with E-state index < -0.39 is 0 Å². The summed E-state index contributed by atoms with van der Waals surface area (Å²) in [5.74, 6) is 1.54. The standard InChI is InChI=1S/C18H22ClN3O3/c1-5-8-21-10-13-15(16(19)12(9-20)22-13)11-6-7-14(23-2)18(25-4)17(11)24-3/h6-7,21-22H,5,8,10H2,1-4H3. The monoisotopic (exact) mass is 363 g/mol. The third-order valence-corrected chi connectivity index (χ3v) is 4.21. The zero-order chi connectivity index (χ0) is 18.4. The van der Waals surface area contributed by atoms with E-state index in [9.17, 15) is 5.26 Å². The van der Waals surface area contributed by atoms with Crippen LogP contribution in [-0.4, -0.2) is 32.9 Å². The van der Waals surface area contributed by atoms with Gasteiger partial charge in [0, 0.05) is 23.4 Å². The Morgan fingerprint density at radius 3 is 2.44 bits per heavy atom. The molecule has 1 heterocycles. The van der Waals surface area contributed by atoms with E-state index in [1.165, 1.54) is 0 Å². The highest BCUT2D eigenvalue weighted by atomic mass is 35.5. The van der Waals surface area contributed by atoms with Crippen molar-refractivity contribution >= 4 is 11.6 Å². The maximum atomic E-state index is 9.32. The molecule has 0 saturated carbocycles. The summed E-state index contributed by atoms with van der Waals surface area (Å²) in [6.45, 7) is 3.51. The van der Waals surface area contributed by atoms with Gasteiger partial charge in [-0.05, 0) is 25.1 Å². The van der Waals surface area contributed by atoms with Gasteiger partial charge in [0.15, 0.2) is 11.5 Å². The molecular weight excluding hydrogens is 342 g/mol. The molecule has 0 aliphatic carbocycles. The maximum absolute atomic E-state index is 9.32. The van der Waals surface area contributed by atoms with E-state index in [2.05, 4.69) is 23.3 Å². The van der Waals surface area contributed by atoms with Crippen LogP contribution < -0.4 is 19.5 Å². The second-order valence-electron chi connectivity index (χ2n) is 5.34. The van der Waals surface area contributed by atoms with Crippen molar-refractivity contribution in [3.63, 3.8) is 0 Å². The van der Waals surface area contributed by atoms with Crippen molar-refractivity contribution in [2.24, 2.45) is 0 Å². The lowest BCUT2D eigenvalue weighted by Crippen LogP contribution is -2.14. The van der Waals surface area contributed by atoms with E-state index in [4.69, 9.17) is 25.8 Å². The van der Waals surface area contributed by atoms with Crippen LogP contribution in [-0.2, 0) is 6.54 Å². The summed E-state index contributed by atoms with van der Waals surface area (Å²) in [5, 5.41) is 13.0. The van der Waals surface area contributed by atoms with Gasteiger partial charge in [-0.25, -0.2) is 0 Å². The van der Waals surface area contributed by atoms with Crippen LogP contribution in [0.15, 0.2) is 12.1 Å². The van der Waals surface area contributed by atoms with Gasteiger partial charge in [-0.15, -0.1) is 0 Å². The lowest BCUT2D eigenvalue weighted by Gasteiger charge is -2.16. The summed E-state index contributed by atoms with van der Waals surface area (Å²) >= 11 is 6.47. The smallest absolute Gasteiger partial charge is 0.203 e. The number of nitrogens with zero attached hydrogens (tertiary/aromatic N) is 1. The minimum Gasteiger partial charge on any atom is -0.493 e. The quantitative estimate of drug-likeness (QED) is 0.698. The number of benzene rings is 1. The Kier molecular flexibility index (Phi) is 6.57. The molecule has 0 amide bonds. The number of methoxy groups -OCH3 is 3. The third-order valence-electron chi connectivity index (χ3n) is 3.83. The van der Waals surface area contributed by atoms with Gasteiger partial charge in [0.2, 0.25) is 5.75 Å². The summed E-state index contributed by atoms with van der Waals surface area (Å²) in [6, 6.07) is 5.73. The number of hydrogen-bond acceptors (Lipinski definition) is 5. The molecule has 25 heavy (non-hydrogen) atoms. The van der Waals surface area contributed by atoms with Gasteiger partial charge in [0.1, 0.15) is 11.8 Å². The molecule has 134 valence electrons. The molecule has 1 aromatic heterocycles. The van der Waals surface area contributed by atoms with Crippen molar-refractivity contribution < 1.29 is 14.2 Å². The SMILES string of the molecule is CCCNCc1[nH]c(C#N)c(Cl)c1-c1ccc(OC)c(OC)c1OC. The molecule has 0 saturated heterocycles.